The molecule has 0 aromatic heterocycles. The van der Waals surface area contributed by atoms with E-state index in [1.807, 2.05) is 6.08 Å². The predicted octanol–water partition coefficient (Wildman–Crippen LogP) is 3.04. The quantitative estimate of drug-likeness (QED) is 0.729. The van der Waals surface area contributed by atoms with Crippen LogP contribution in [0.3, 0.4) is 0 Å². The molecule has 2 aromatic carbocycles. The van der Waals surface area contributed by atoms with Gasteiger partial charge in [-0.1, -0.05) is 67.3 Å². The van der Waals surface area contributed by atoms with Crippen LogP contribution < -0.4 is 10.4 Å². The van der Waals surface area contributed by atoms with Gasteiger partial charge in [0.05, 0.1) is 0 Å². The molecular formula is C17H16. The normalized spacial score (nSPS) is 11.5. The Bertz CT molecular complexity index is 648. The molecular weight excluding hydrogens is 204 g/mol. The van der Waals surface area contributed by atoms with Gasteiger partial charge in [0.1, 0.15) is 0 Å². The first-order valence-corrected chi connectivity index (χ1v) is 5.69. The van der Waals surface area contributed by atoms with Crippen LogP contribution in [-0.2, 0) is 0 Å². The minimum absolute atomic E-state index is 1.03. The van der Waals surface area contributed by atoms with E-state index >= 15 is 0 Å². The summed E-state index contributed by atoms with van der Waals surface area (Å²) in [6, 6.07) is 14.8. The first kappa shape index (κ1) is 11.4. The average molecular weight is 220 g/mol. The second-order valence-electron chi connectivity index (χ2n) is 4.19. The minimum atomic E-state index is 1.03. The van der Waals surface area contributed by atoms with E-state index in [0.717, 1.165) is 10.4 Å². The van der Waals surface area contributed by atoms with Gasteiger partial charge in [0.25, 0.3) is 0 Å². The zero-order valence-electron chi connectivity index (χ0n) is 10.1. The highest BCUT2D eigenvalue weighted by Gasteiger charge is 1.96. The van der Waals surface area contributed by atoms with Gasteiger partial charge in [-0.3, -0.25) is 0 Å². The first-order valence-electron chi connectivity index (χ1n) is 5.69. The number of rotatable bonds is 2. The van der Waals surface area contributed by atoms with Crippen molar-refractivity contribution in [1.29, 1.82) is 0 Å². The van der Waals surface area contributed by atoms with E-state index in [4.69, 9.17) is 0 Å². The van der Waals surface area contributed by atoms with Crippen LogP contribution in [0.5, 0.6) is 0 Å². The maximum atomic E-state index is 4.07. The molecule has 0 bridgehead atoms. The van der Waals surface area contributed by atoms with Crippen LogP contribution in [0.2, 0.25) is 0 Å². The summed E-state index contributed by atoms with van der Waals surface area (Å²) in [6.07, 6.45) is 3.76. The fourth-order valence-electron chi connectivity index (χ4n) is 1.90. The SMILES string of the molecule is C=C/C=c1/ccc(-c2cccc(C)c2)cc1=C. The van der Waals surface area contributed by atoms with Gasteiger partial charge < -0.3 is 0 Å². The molecule has 2 rings (SSSR count). The Kier molecular flexibility index (Phi) is 3.24. The maximum absolute atomic E-state index is 4.07. The van der Waals surface area contributed by atoms with Crippen LogP contribution in [0.1, 0.15) is 5.56 Å². The molecule has 0 unspecified atom stereocenters. The summed E-state index contributed by atoms with van der Waals surface area (Å²) >= 11 is 0. The molecule has 0 saturated heterocycles. The molecule has 0 spiro atoms. The van der Waals surface area contributed by atoms with Gasteiger partial charge in [-0.15, -0.1) is 0 Å². The van der Waals surface area contributed by atoms with Gasteiger partial charge >= 0.3 is 0 Å². The Morgan fingerprint density at radius 3 is 2.41 bits per heavy atom. The van der Waals surface area contributed by atoms with E-state index in [1.54, 1.807) is 6.08 Å². The molecule has 84 valence electrons. The summed E-state index contributed by atoms with van der Waals surface area (Å²) < 4.78 is 0. The molecule has 0 heteroatoms. The zero-order chi connectivity index (χ0) is 12.3. The largest absolute Gasteiger partial charge is 0.0990 e. The van der Waals surface area contributed by atoms with Crippen molar-refractivity contribution in [2.24, 2.45) is 0 Å². The van der Waals surface area contributed by atoms with Crippen molar-refractivity contribution in [3.05, 3.63) is 71.1 Å². The topological polar surface area (TPSA) is 0 Å². The highest BCUT2D eigenvalue weighted by atomic mass is 14.0. The molecule has 0 nitrogen and oxygen atoms in total. The van der Waals surface area contributed by atoms with E-state index in [0.29, 0.717) is 0 Å². The molecule has 0 fully saturated rings. The summed E-state index contributed by atoms with van der Waals surface area (Å²) in [5.74, 6) is 0. The summed E-state index contributed by atoms with van der Waals surface area (Å²) in [6.45, 7) is 9.88. The van der Waals surface area contributed by atoms with Crippen LogP contribution in [0.15, 0.2) is 55.1 Å². The third-order valence-corrected chi connectivity index (χ3v) is 2.79. The van der Waals surface area contributed by atoms with E-state index in [1.165, 1.54) is 16.7 Å². The highest BCUT2D eigenvalue weighted by Crippen LogP contribution is 2.17. The van der Waals surface area contributed by atoms with Gasteiger partial charge in [-0.2, -0.15) is 0 Å². The van der Waals surface area contributed by atoms with E-state index < -0.39 is 0 Å². The van der Waals surface area contributed by atoms with Crippen molar-refractivity contribution in [3.8, 4) is 11.1 Å². The third-order valence-electron chi connectivity index (χ3n) is 2.79. The highest BCUT2D eigenvalue weighted by molar-refractivity contribution is 5.64. The lowest BCUT2D eigenvalue weighted by atomic mass is 10.0. The average Bonchev–Trinajstić information content (AvgIpc) is 2.32. The number of hydrogen-bond donors (Lipinski definition) is 0. The minimum Gasteiger partial charge on any atom is -0.0990 e. The Hall–Kier alpha value is -2.08. The molecule has 0 aliphatic heterocycles. The van der Waals surface area contributed by atoms with E-state index in [9.17, 15) is 0 Å². The number of hydrogen-bond acceptors (Lipinski definition) is 0. The fourth-order valence-corrected chi connectivity index (χ4v) is 1.90. The van der Waals surface area contributed by atoms with E-state index in [2.05, 4.69) is 62.5 Å². The zero-order valence-corrected chi connectivity index (χ0v) is 10.1. The van der Waals surface area contributed by atoms with Gasteiger partial charge in [-0.05, 0) is 34.6 Å². The van der Waals surface area contributed by atoms with Crippen LogP contribution >= 0.6 is 0 Å². The van der Waals surface area contributed by atoms with Crippen molar-refractivity contribution in [2.45, 2.75) is 6.92 Å². The molecule has 0 N–H and O–H groups in total. The van der Waals surface area contributed by atoms with Crippen molar-refractivity contribution in [1.82, 2.24) is 0 Å². The summed E-state index contributed by atoms with van der Waals surface area (Å²) in [7, 11) is 0. The van der Waals surface area contributed by atoms with Crippen LogP contribution in [0, 0.1) is 6.92 Å². The van der Waals surface area contributed by atoms with Gasteiger partial charge in [-0.25, -0.2) is 0 Å². The number of allylic oxidation sites excluding steroid dienone is 1. The maximum Gasteiger partial charge on any atom is -0.0178 e. The molecule has 0 saturated carbocycles. The van der Waals surface area contributed by atoms with Gasteiger partial charge in [0, 0.05) is 0 Å². The predicted molar refractivity (Wildman–Crippen MR) is 76.0 cm³/mol. The van der Waals surface area contributed by atoms with Crippen molar-refractivity contribution >= 4 is 12.7 Å². The Morgan fingerprint density at radius 2 is 1.76 bits per heavy atom. The second kappa shape index (κ2) is 4.84. The van der Waals surface area contributed by atoms with Crippen molar-refractivity contribution < 1.29 is 0 Å². The fraction of sp³-hybridized carbons (Fsp3) is 0.0588. The monoisotopic (exact) mass is 220 g/mol. The van der Waals surface area contributed by atoms with Crippen LogP contribution in [0.4, 0.5) is 0 Å². The third kappa shape index (κ3) is 2.54. The lowest BCUT2D eigenvalue weighted by Crippen LogP contribution is -2.22. The molecule has 0 aliphatic rings. The molecule has 0 aliphatic carbocycles. The lowest BCUT2D eigenvalue weighted by molar-refractivity contribution is 1.45. The smallest absolute Gasteiger partial charge is 0.0178 e. The molecule has 0 amide bonds. The standard InChI is InChI=1S/C17H16/c1-4-6-15-9-10-17(12-14(15)3)16-8-5-7-13(2)11-16/h4-12H,1,3H2,2H3/b15-6-. The van der Waals surface area contributed by atoms with E-state index in [-0.39, 0.29) is 0 Å². The second-order valence-corrected chi connectivity index (χ2v) is 4.19. The number of aryl methyl sites for hydroxylation is 1. The van der Waals surface area contributed by atoms with Gasteiger partial charge in [0.15, 0.2) is 0 Å². The van der Waals surface area contributed by atoms with Crippen molar-refractivity contribution in [3.63, 3.8) is 0 Å². The summed E-state index contributed by atoms with van der Waals surface area (Å²) in [4.78, 5) is 0. The van der Waals surface area contributed by atoms with Crippen LogP contribution in [-0.4, -0.2) is 0 Å². The Balaban J connectivity index is 2.56. The molecule has 0 radical (unpaired) electrons. The molecule has 0 atom stereocenters. The molecule has 0 heterocycles. The Labute approximate surface area is 102 Å². The molecule has 2 aromatic rings. The Morgan fingerprint density at radius 1 is 1.00 bits per heavy atom. The molecule has 17 heavy (non-hydrogen) atoms. The van der Waals surface area contributed by atoms with Gasteiger partial charge in [0.2, 0.25) is 0 Å². The number of benzene rings is 2. The lowest BCUT2D eigenvalue weighted by Gasteiger charge is -2.03. The first-order chi connectivity index (χ1) is 8.20. The summed E-state index contributed by atoms with van der Waals surface area (Å²) in [5.41, 5.74) is 3.72. The summed E-state index contributed by atoms with van der Waals surface area (Å²) in [5, 5.41) is 2.15. The van der Waals surface area contributed by atoms with Crippen molar-refractivity contribution in [2.75, 3.05) is 0 Å². The van der Waals surface area contributed by atoms with Crippen LogP contribution in [0.25, 0.3) is 23.8 Å².